The lowest BCUT2D eigenvalue weighted by molar-refractivity contribution is 0.173. The van der Waals surface area contributed by atoms with E-state index in [2.05, 4.69) is 6.58 Å². The van der Waals surface area contributed by atoms with Gasteiger partial charge in [-0.3, -0.25) is 0 Å². The van der Waals surface area contributed by atoms with Crippen molar-refractivity contribution in [3.8, 4) is 11.5 Å². The Morgan fingerprint density at radius 1 is 1.43 bits per heavy atom. The van der Waals surface area contributed by atoms with Gasteiger partial charge in [-0.1, -0.05) is 18.2 Å². The molecular weight excluding hydrogens is 202 g/mol. The first kappa shape index (κ1) is 10.9. The molecule has 14 heavy (non-hydrogen) atoms. The monoisotopic (exact) mass is 213 g/mol. The summed E-state index contributed by atoms with van der Waals surface area (Å²) in [7, 11) is 0. The largest absolute Gasteiger partial charge is 0.454 e. The molecule has 0 saturated carbocycles. The zero-order chi connectivity index (χ0) is 9.26. The minimum absolute atomic E-state index is 0. The van der Waals surface area contributed by atoms with Crippen LogP contribution in [-0.2, 0) is 0 Å². The van der Waals surface area contributed by atoms with Crippen molar-refractivity contribution in [2.45, 2.75) is 6.04 Å². The number of fused-ring (bicyclic) bond motifs is 1. The highest BCUT2D eigenvalue weighted by Gasteiger charge is 2.19. The summed E-state index contributed by atoms with van der Waals surface area (Å²) in [6.07, 6.45) is 1.68. The zero-order valence-electron chi connectivity index (χ0n) is 7.60. The maximum atomic E-state index is 5.81. The Balaban J connectivity index is 0.000000980. The lowest BCUT2D eigenvalue weighted by Gasteiger charge is -2.09. The van der Waals surface area contributed by atoms with Gasteiger partial charge in [0.05, 0.1) is 6.04 Å². The predicted molar refractivity (Wildman–Crippen MR) is 56.9 cm³/mol. The third kappa shape index (κ3) is 1.69. The van der Waals surface area contributed by atoms with Gasteiger partial charge in [-0.15, -0.1) is 19.0 Å². The number of hydrogen-bond donors (Lipinski definition) is 1. The highest BCUT2D eigenvalue weighted by atomic mass is 35.5. The summed E-state index contributed by atoms with van der Waals surface area (Å²) in [5.41, 5.74) is 6.74. The maximum Gasteiger partial charge on any atom is 0.231 e. The van der Waals surface area contributed by atoms with Crippen molar-refractivity contribution in [1.82, 2.24) is 0 Å². The molecule has 2 N–H and O–H groups in total. The molecule has 0 bridgehead atoms. The van der Waals surface area contributed by atoms with E-state index in [0.29, 0.717) is 0 Å². The van der Waals surface area contributed by atoms with Crippen LogP contribution in [0.15, 0.2) is 30.9 Å². The fraction of sp³-hybridized carbons (Fsp3) is 0.200. The maximum absolute atomic E-state index is 5.81. The summed E-state index contributed by atoms with van der Waals surface area (Å²) in [5.74, 6) is 1.50. The quantitative estimate of drug-likeness (QED) is 0.765. The van der Waals surface area contributed by atoms with E-state index in [1.54, 1.807) is 6.08 Å². The third-order valence-electron chi connectivity index (χ3n) is 2.04. The second kappa shape index (κ2) is 4.35. The Morgan fingerprint density at radius 3 is 2.93 bits per heavy atom. The number of halogens is 1. The van der Waals surface area contributed by atoms with E-state index in [4.69, 9.17) is 15.2 Å². The summed E-state index contributed by atoms with van der Waals surface area (Å²) >= 11 is 0. The molecule has 1 aliphatic rings. The Kier molecular flexibility index (Phi) is 3.38. The van der Waals surface area contributed by atoms with Gasteiger partial charge in [0.1, 0.15) is 0 Å². The van der Waals surface area contributed by atoms with Gasteiger partial charge in [0.25, 0.3) is 0 Å². The molecule has 0 fully saturated rings. The van der Waals surface area contributed by atoms with Crippen molar-refractivity contribution < 1.29 is 9.47 Å². The number of benzene rings is 1. The first-order valence-corrected chi connectivity index (χ1v) is 4.09. The van der Waals surface area contributed by atoms with Crippen LogP contribution in [-0.4, -0.2) is 6.79 Å². The lowest BCUT2D eigenvalue weighted by atomic mass is 10.1. The second-order valence-corrected chi connectivity index (χ2v) is 2.84. The van der Waals surface area contributed by atoms with Crippen LogP contribution in [0.3, 0.4) is 0 Å². The molecule has 0 saturated heterocycles. The van der Waals surface area contributed by atoms with Crippen molar-refractivity contribution in [2.24, 2.45) is 5.73 Å². The van der Waals surface area contributed by atoms with Gasteiger partial charge in [0.15, 0.2) is 11.5 Å². The van der Waals surface area contributed by atoms with E-state index in [9.17, 15) is 0 Å². The van der Waals surface area contributed by atoms with Crippen LogP contribution in [0.1, 0.15) is 11.6 Å². The first-order chi connectivity index (χ1) is 6.33. The average Bonchev–Trinajstić information content (AvgIpc) is 2.63. The van der Waals surface area contributed by atoms with Gasteiger partial charge in [-0.25, -0.2) is 0 Å². The minimum Gasteiger partial charge on any atom is -0.454 e. The fourth-order valence-electron chi connectivity index (χ4n) is 1.34. The summed E-state index contributed by atoms with van der Waals surface area (Å²) in [6, 6.07) is 5.48. The van der Waals surface area contributed by atoms with Crippen LogP contribution in [0.2, 0.25) is 0 Å². The van der Waals surface area contributed by atoms with Crippen molar-refractivity contribution in [2.75, 3.05) is 6.79 Å². The van der Waals surface area contributed by atoms with Crippen LogP contribution in [0.25, 0.3) is 0 Å². The zero-order valence-corrected chi connectivity index (χ0v) is 8.42. The molecule has 1 aliphatic heterocycles. The molecule has 2 rings (SSSR count). The standard InChI is InChI=1S/C10H11NO2.ClH/c1-2-8(11)7-4-3-5-9-10(7)13-6-12-9;/h2-5,8H,1,6,11H2;1H/t8-;/m1./s1. The molecule has 0 amide bonds. The lowest BCUT2D eigenvalue weighted by Crippen LogP contribution is -2.07. The van der Waals surface area contributed by atoms with E-state index in [-0.39, 0.29) is 25.2 Å². The molecule has 1 heterocycles. The Bertz CT molecular complexity index is 341. The highest BCUT2D eigenvalue weighted by Crippen LogP contribution is 2.37. The fourth-order valence-corrected chi connectivity index (χ4v) is 1.34. The molecule has 1 aromatic carbocycles. The average molecular weight is 214 g/mol. The number of hydrogen-bond acceptors (Lipinski definition) is 3. The van der Waals surface area contributed by atoms with Crippen molar-refractivity contribution in [1.29, 1.82) is 0 Å². The molecule has 76 valence electrons. The Labute approximate surface area is 88.9 Å². The normalized spacial score (nSPS) is 14.4. The van der Waals surface area contributed by atoms with Gasteiger partial charge in [0.2, 0.25) is 6.79 Å². The molecule has 1 aromatic rings. The molecule has 4 heteroatoms. The molecule has 0 aromatic heterocycles. The summed E-state index contributed by atoms with van der Waals surface area (Å²) < 4.78 is 10.5. The molecule has 0 radical (unpaired) electrons. The van der Waals surface area contributed by atoms with Crippen molar-refractivity contribution in [3.63, 3.8) is 0 Å². The van der Waals surface area contributed by atoms with Gasteiger partial charge in [0, 0.05) is 5.56 Å². The van der Waals surface area contributed by atoms with Gasteiger partial charge in [-0.05, 0) is 6.07 Å². The topological polar surface area (TPSA) is 44.5 Å². The number of para-hydroxylation sites is 1. The van der Waals surface area contributed by atoms with E-state index >= 15 is 0 Å². The van der Waals surface area contributed by atoms with Crippen LogP contribution < -0.4 is 15.2 Å². The molecular formula is C10H12ClNO2. The van der Waals surface area contributed by atoms with Gasteiger partial charge >= 0.3 is 0 Å². The van der Waals surface area contributed by atoms with Crippen molar-refractivity contribution >= 4 is 12.4 Å². The first-order valence-electron chi connectivity index (χ1n) is 4.09. The van der Waals surface area contributed by atoms with Gasteiger partial charge in [-0.2, -0.15) is 0 Å². The van der Waals surface area contributed by atoms with E-state index in [1.165, 1.54) is 0 Å². The SMILES string of the molecule is C=C[C@@H](N)c1cccc2c1OCO2.Cl. The Morgan fingerprint density at radius 2 is 2.21 bits per heavy atom. The van der Waals surface area contributed by atoms with E-state index in [1.807, 2.05) is 18.2 Å². The van der Waals surface area contributed by atoms with E-state index in [0.717, 1.165) is 17.1 Å². The number of rotatable bonds is 2. The third-order valence-corrected chi connectivity index (χ3v) is 2.04. The predicted octanol–water partition coefficient (Wildman–Crippen LogP) is 2.02. The van der Waals surface area contributed by atoms with Gasteiger partial charge < -0.3 is 15.2 Å². The molecule has 0 aliphatic carbocycles. The van der Waals surface area contributed by atoms with Crippen LogP contribution in [0.4, 0.5) is 0 Å². The summed E-state index contributed by atoms with van der Waals surface area (Å²) in [6.45, 7) is 3.92. The second-order valence-electron chi connectivity index (χ2n) is 2.84. The van der Waals surface area contributed by atoms with Crippen LogP contribution >= 0.6 is 12.4 Å². The highest BCUT2D eigenvalue weighted by molar-refractivity contribution is 5.85. The molecule has 1 atom stereocenters. The molecule has 0 unspecified atom stereocenters. The summed E-state index contributed by atoms with van der Waals surface area (Å²) in [5, 5.41) is 0. The van der Waals surface area contributed by atoms with Crippen LogP contribution in [0.5, 0.6) is 11.5 Å². The number of ether oxygens (including phenoxy) is 2. The Hall–Kier alpha value is -1.19. The smallest absolute Gasteiger partial charge is 0.231 e. The molecule has 3 nitrogen and oxygen atoms in total. The summed E-state index contributed by atoms with van der Waals surface area (Å²) in [4.78, 5) is 0. The van der Waals surface area contributed by atoms with Crippen molar-refractivity contribution in [3.05, 3.63) is 36.4 Å². The molecule has 0 spiro atoms. The minimum atomic E-state index is -0.198. The van der Waals surface area contributed by atoms with Crippen LogP contribution in [0, 0.1) is 0 Å². The number of nitrogens with two attached hydrogens (primary N) is 1. The van der Waals surface area contributed by atoms with E-state index < -0.39 is 0 Å².